The molecule has 7 atom stereocenters. The largest absolute Gasteiger partial charge is 0.463 e. The molecule has 3 amide bonds. The maximum Gasteiger partial charge on any atom is 0.306 e. The molecule has 0 aromatic heterocycles. The molecule has 0 unspecified atom stereocenters. The van der Waals surface area contributed by atoms with Gasteiger partial charge in [-0.2, -0.15) is 0 Å². The van der Waals surface area contributed by atoms with E-state index in [0.717, 1.165) is 37.7 Å². The zero-order valence-corrected chi connectivity index (χ0v) is 28.7. The normalized spacial score (nSPS) is 26.9. The van der Waals surface area contributed by atoms with Gasteiger partial charge in [0.2, 0.25) is 17.7 Å². The number of rotatable bonds is 15. The molecule has 4 aliphatic rings. The Kier molecular flexibility index (Phi) is 11.2. The minimum Gasteiger partial charge on any atom is -0.463 e. The van der Waals surface area contributed by atoms with Crippen molar-refractivity contribution in [1.82, 2.24) is 15.1 Å². The third-order valence-electron chi connectivity index (χ3n) is 11.1. The van der Waals surface area contributed by atoms with Gasteiger partial charge in [-0.3, -0.25) is 19.2 Å². The number of nitrogens with one attached hydrogen (secondary N) is 1. The van der Waals surface area contributed by atoms with Crippen molar-refractivity contribution in [3.63, 3.8) is 0 Å². The molecule has 2 aromatic rings. The van der Waals surface area contributed by atoms with E-state index in [-0.39, 0.29) is 30.9 Å². The zero-order chi connectivity index (χ0) is 35.3. The standard InChI is InChI=1S/C40H49N3O7/c1-3-5-21-33(45)49-26-30(27-15-9-6-10-16-27)41-37(46)34-32-22-23-40(50-32)35(34)38(47)43(31(25-44)28-17-11-7-12-18-28)36(40)39(48)42(24-4-2)29-19-13-8-14-20-29/h3-4,6-7,9-12,15-18,29-32,34-36,44H,1-2,5,8,13-14,19-26H2,(H,41,46)/t30-,31-,32-,34+,35+,36-,40+/m1/s1. The molecule has 2 bridgehead atoms. The van der Waals surface area contributed by atoms with Gasteiger partial charge in [-0.25, -0.2) is 0 Å². The SMILES string of the molecule is C=CCCC(=O)OC[C@@H](NC(=O)[C@@H]1[C@H]2C(=O)N([C@H](CO)c3ccccc3)[C@H](C(=O)N(CC=C)C3CCCCC3)[C@]23CC[C@H]1O3)c1ccccc1. The fraction of sp³-hybridized carbons (Fsp3) is 0.500. The van der Waals surface area contributed by atoms with Crippen LogP contribution >= 0.6 is 0 Å². The number of ether oxygens (including phenoxy) is 2. The first-order valence-corrected chi connectivity index (χ1v) is 18.0. The van der Waals surface area contributed by atoms with Gasteiger partial charge >= 0.3 is 5.97 Å². The number of aliphatic hydroxyl groups is 1. The van der Waals surface area contributed by atoms with Crippen LogP contribution in [0.5, 0.6) is 0 Å². The van der Waals surface area contributed by atoms with Gasteiger partial charge in [0.05, 0.1) is 36.6 Å². The Morgan fingerprint density at radius 3 is 2.32 bits per heavy atom. The van der Waals surface area contributed by atoms with E-state index in [4.69, 9.17) is 9.47 Å². The summed E-state index contributed by atoms with van der Waals surface area (Å²) in [6, 6.07) is 16.0. The Bertz CT molecular complexity index is 1540. The molecule has 50 heavy (non-hydrogen) atoms. The number of hydrogen-bond donors (Lipinski definition) is 2. The second-order valence-electron chi connectivity index (χ2n) is 14.0. The molecule has 6 rings (SSSR count). The van der Waals surface area contributed by atoms with Crippen LogP contribution in [0.2, 0.25) is 0 Å². The third-order valence-corrected chi connectivity index (χ3v) is 11.1. The third kappa shape index (κ3) is 6.75. The quantitative estimate of drug-likeness (QED) is 0.204. The van der Waals surface area contributed by atoms with E-state index in [2.05, 4.69) is 18.5 Å². The van der Waals surface area contributed by atoms with Crippen molar-refractivity contribution in [2.75, 3.05) is 19.8 Å². The molecular formula is C40H49N3O7. The summed E-state index contributed by atoms with van der Waals surface area (Å²) in [5.41, 5.74) is 0.209. The fourth-order valence-electron chi connectivity index (χ4n) is 8.79. The highest BCUT2D eigenvalue weighted by molar-refractivity contribution is 5.99. The van der Waals surface area contributed by atoms with E-state index in [1.165, 1.54) is 4.90 Å². The minimum atomic E-state index is -1.24. The van der Waals surface area contributed by atoms with Crippen LogP contribution in [-0.2, 0) is 28.7 Å². The second-order valence-corrected chi connectivity index (χ2v) is 14.0. The van der Waals surface area contributed by atoms with Crippen molar-refractivity contribution < 1.29 is 33.8 Å². The number of hydrogen-bond acceptors (Lipinski definition) is 7. The predicted molar refractivity (Wildman–Crippen MR) is 187 cm³/mol. The lowest BCUT2D eigenvalue weighted by Gasteiger charge is -2.42. The van der Waals surface area contributed by atoms with Gasteiger partial charge in [0.15, 0.2) is 0 Å². The molecule has 4 fully saturated rings. The van der Waals surface area contributed by atoms with E-state index >= 15 is 0 Å². The van der Waals surface area contributed by atoms with E-state index in [1.807, 2.05) is 65.6 Å². The molecule has 266 valence electrons. The number of fused-ring (bicyclic) bond motifs is 1. The average Bonchev–Trinajstić information content (AvgIpc) is 3.80. The number of amides is 3. The van der Waals surface area contributed by atoms with E-state index in [0.29, 0.717) is 31.4 Å². The lowest BCUT2D eigenvalue weighted by Crippen LogP contribution is -2.59. The van der Waals surface area contributed by atoms with Crippen molar-refractivity contribution in [2.45, 2.75) is 93.7 Å². The molecule has 2 aromatic carbocycles. The van der Waals surface area contributed by atoms with Gasteiger partial charge in [-0.15, -0.1) is 13.2 Å². The molecule has 2 N–H and O–H groups in total. The minimum absolute atomic E-state index is 0.00414. The van der Waals surface area contributed by atoms with Crippen LogP contribution in [0.25, 0.3) is 0 Å². The summed E-state index contributed by atoms with van der Waals surface area (Å²) in [5.74, 6) is -3.20. The molecule has 3 heterocycles. The summed E-state index contributed by atoms with van der Waals surface area (Å²) in [6.07, 6.45) is 9.29. The molecule has 0 radical (unpaired) electrons. The van der Waals surface area contributed by atoms with Crippen LogP contribution in [0.1, 0.15) is 81.0 Å². The molecule has 1 spiro atoms. The van der Waals surface area contributed by atoms with Crippen LogP contribution in [0.3, 0.4) is 0 Å². The van der Waals surface area contributed by atoms with Crippen molar-refractivity contribution in [3.05, 3.63) is 97.1 Å². The molecule has 3 saturated heterocycles. The number of carbonyl (C=O) groups is 4. The van der Waals surface area contributed by atoms with Crippen molar-refractivity contribution in [2.24, 2.45) is 11.8 Å². The Morgan fingerprint density at radius 2 is 1.68 bits per heavy atom. The summed E-state index contributed by atoms with van der Waals surface area (Å²) in [6.45, 7) is 7.44. The van der Waals surface area contributed by atoms with E-state index in [9.17, 15) is 24.3 Å². The molecule has 10 heteroatoms. The van der Waals surface area contributed by atoms with E-state index < -0.39 is 60.1 Å². The number of esters is 1. The highest BCUT2D eigenvalue weighted by Gasteiger charge is 2.75. The van der Waals surface area contributed by atoms with Crippen LogP contribution in [0.4, 0.5) is 0 Å². The Balaban J connectivity index is 1.35. The summed E-state index contributed by atoms with van der Waals surface area (Å²) in [7, 11) is 0. The smallest absolute Gasteiger partial charge is 0.306 e. The first kappa shape index (κ1) is 35.5. The van der Waals surface area contributed by atoms with Gasteiger partial charge in [-0.05, 0) is 43.2 Å². The Hall–Kier alpha value is -4.28. The fourth-order valence-corrected chi connectivity index (χ4v) is 8.79. The molecular weight excluding hydrogens is 634 g/mol. The van der Waals surface area contributed by atoms with Crippen molar-refractivity contribution in [1.29, 1.82) is 0 Å². The molecule has 1 aliphatic carbocycles. The monoisotopic (exact) mass is 683 g/mol. The predicted octanol–water partition coefficient (Wildman–Crippen LogP) is 4.81. The summed E-state index contributed by atoms with van der Waals surface area (Å²) in [4.78, 5) is 60.1. The van der Waals surface area contributed by atoms with Crippen LogP contribution in [0.15, 0.2) is 86.0 Å². The van der Waals surface area contributed by atoms with Gasteiger partial charge in [-0.1, -0.05) is 92.1 Å². The number of aliphatic hydroxyl groups excluding tert-OH is 1. The van der Waals surface area contributed by atoms with Gasteiger partial charge in [0.25, 0.3) is 0 Å². The Labute approximate surface area is 294 Å². The number of benzene rings is 2. The highest BCUT2D eigenvalue weighted by Crippen LogP contribution is 2.60. The van der Waals surface area contributed by atoms with Gasteiger partial charge in [0.1, 0.15) is 18.2 Å². The lowest BCUT2D eigenvalue weighted by atomic mass is 9.70. The summed E-state index contributed by atoms with van der Waals surface area (Å²) < 4.78 is 12.3. The summed E-state index contributed by atoms with van der Waals surface area (Å²) in [5, 5.41) is 13.9. The zero-order valence-electron chi connectivity index (χ0n) is 28.7. The van der Waals surface area contributed by atoms with Crippen molar-refractivity contribution in [3.8, 4) is 0 Å². The Morgan fingerprint density at radius 1 is 1.00 bits per heavy atom. The molecule has 1 saturated carbocycles. The molecule has 3 aliphatic heterocycles. The number of likely N-dealkylation sites (tertiary alicyclic amines) is 1. The number of carbonyl (C=O) groups excluding carboxylic acids is 4. The van der Waals surface area contributed by atoms with Crippen LogP contribution < -0.4 is 5.32 Å². The van der Waals surface area contributed by atoms with Crippen molar-refractivity contribution >= 4 is 23.7 Å². The molecule has 10 nitrogen and oxygen atoms in total. The lowest BCUT2D eigenvalue weighted by molar-refractivity contribution is -0.153. The first-order chi connectivity index (χ1) is 24.3. The topological polar surface area (TPSA) is 125 Å². The second kappa shape index (κ2) is 15.7. The maximum absolute atomic E-state index is 15.0. The average molecular weight is 684 g/mol. The highest BCUT2D eigenvalue weighted by atomic mass is 16.5. The summed E-state index contributed by atoms with van der Waals surface area (Å²) >= 11 is 0. The first-order valence-electron chi connectivity index (χ1n) is 18.0. The number of nitrogens with zero attached hydrogens (tertiary/aromatic N) is 2. The number of allylic oxidation sites excluding steroid dienone is 1. The van der Waals surface area contributed by atoms with Gasteiger partial charge < -0.3 is 29.7 Å². The van der Waals surface area contributed by atoms with Crippen LogP contribution in [-0.4, -0.2) is 82.1 Å². The van der Waals surface area contributed by atoms with Gasteiger partial charge in [0, 0.05) is 19.0 Å². The van der Waals surface area contributed by atoms with E-state index in [1.54, 1.807) is 12.2 Å². The van der Waals surface area contributed by atoms with Crippen LogP contribution in [0, 0.1) is 11.8 Å². The maximum atomic E-state index is 15.0.